The number of H-pyrrole nitrogens is 1. The zero-order valence-electron chi connectivity index (χ0n) is 19.7. The molecule has 1 fully saturated rings. The maximum absolute atomic E-state index is 11.7. The third-order valence-electron chi connectivity index (χ3n) is 6.07. The number of amides is 1. The monoisotopic (exact) mass is 480 g/mol. The summed E-state index contributed by atoms with van der Waals surface area (Å²) in [6.07, 6.45) is 1.86. The zero-order valence-corrected chi connectivity index (χ0v) is 20.5. The second-order valence-electron chi connectivity index (χ2n) is 8.63. The molecule has 2 heterocycles. The number of guanidine groups is 1. The van der Waals surface area contributed by atoms with Crippen molar-refractivity contribution >= 4 is 34.7 Å². The average Bonchev–Trinajstić information content (AvgIpc) is 3.25. The molecule has 34 heavy (non-hydrogen) atoms. The van der Waals surface area contributed by atoms with Gasteiger partial charge in [0.2, 0.25) is 5.91 Å². The topological polar surface area (TPSA) is 111 Å². The molecule has 1 atom stereocenters. The quantitative estimate of drug-likeness (QED) is 0.258. The van der Waals surface area contributed by atoms with Crippen LogP contribution in [0.25, 0.3) is 11.0 Å². The molecule has 4 rings (SSSR count). The number of hydrogen-bond acceptors (Lipinski definition) is 6. The number of aromatic nitrogens is 2. The van der Waals surface area contributed by atoms with Gasteiger partial charge < -0.3 is 20.4 Å². The number of benzene rings is 2. The summed E-state index contributed by atoms with van der Waals surface area (Å²) in [7, 11) is 2.15. The van der Waals surface area contributed by atoms with E-state index >= 15 is 0 Å². The Morgan fingerprint density at radius 1 is 1.29 bits per heavy atom. The van der Waals surface area contributed by atoms with Gasteiger partial charge in [-0.2, -0.15) is 0 Å². The Hall–Kier alpha value is -2.88. The van der Waals surface area contributed by atoms with E-state index in [1.807, 2.05) is 36.4 Å². The predicted octanol–water partition coefficient (Wildman–Crippen LogP) is 3.60. The van der Waals surface area contributed by atoms with E-state index in [0.717, 1.165) is 53.2 Å². The van der Waals surface area contributed by atoms with E-state index in [-0.39, 0.29) is 24.1 Å². The van der Waals surface area contributed by atoms with Crippen molar-refractivity contribution in [2.45, 2.75) is 36.9 Å². The Morgan fingerprint density at radius 2 is 2.06 bits per heavy atom. The highest BCUT2D eigenvalue weighted by Gasteiger charge is 2.26. The SMILES string of the molecule is CC(=O)N(CCSc1cccc(C(OC2CCN(C)CC2)c2nc3ccccc3[nH]2)c1)C(=N)N. The molecule has 8 nitrogen and oxygen atoms in total. The lowest BCUT2D eigenvalue weighted by Crippen LogP contribution is -2.41. The summed E-state index contributed by atoms with van der Waals surface area (Å²) in [5.41, 5.74) is 8.48. The number of aromatic amines is 1. The molecule has 0 saturated carbocycles. The van der Waals surface area contributed by atoms with Gasteiger partial charge in [0.05, 0.1) is 17.1 Å². The van der Waals surface area contributed by atoms with Crippen LogP contribution >= 0.6 is 11.8 Å². The fourth-order valence-electron chi connectivity index (χ4n) is 4.18. The van der Waals surface area contributed by atoms with E-state index in [1.54, 1.807) is 11.8 Å². The summed E-state index contributed by atoms with van der Waals surface area (Å²) in [6, 6.07) is 16.3. The molecule has 9 heteroatoms. The van der Waals surface area contributed by atoms with Crippen LogP contribution in [-0.4, -0.2) is 70.2 Å². The van der Waals surface area contributed by atoms with E-state index in [2.05, 4.69) is 29.1 Å². The fraction of sp³-hybridized carbons (Fsp3) is 0.400. The number of carbonyl (C=O) groups is 1. The molecule has 1 aliphatic rings. The first-order chi connectivity index (χ1) is 16.4. The van der Waals surface area contributed by atoms with Gasteiger partial charge in [0.25, 0.3) is 0 Å². The Labute approximate surface area is 204 Å². The number of carbonyl (C=O) groups excluding carboxylic acids is 1. The van der Waals surface area contributed by atoms with Gasteiger partial charge in [0.1, 0.15) is 11.9 Å². The summed E-state index contributed by atoms with van der Waals surface area (Å²) in [5, 5.41) is 7.58. The average molecular weight is 481 g/mol. The lowest BCUT2D eigenvalue weighted by Gasteiger charge is -2.31. The number of para-hydroxylation sites is 2. The predicted molar refractivity (Wildman–Crippen MR) is 136 cm³/mol. The van der Waals surface area contributed by atoms with Gasteiger partial charge >= 0.3 is 0 Å². The molecule has 2 aromatic carbocycles. The second kappa shape index (κ2) is 11.0. The number of hydrogen-bond donors (Lipinski definition) is 3. The minimum atomic E-state index is -0.299. The number of nitrogens with one attached hydrogen (secondary N) is 2. The van der Waals surface area contributed by atoms with E-state index in [0.29, 0.717) is 12.3 Å². The van der Waals surface area contributed by atoms with Crippen molar-refractivity contribution in [3.8, 4) is 0 Å². The summed E-state index contributed by atoms with van der Waals surface area (Å²) >= 11 is 1.62. The number of rotatable bonds is 8. The molecular formula is C25H32N6O2S. The largest absolute Gasteiger partial charge is 0.370 e. The van der Waals surface area contributed by atoms with Crippen molar-refractivity contribution in [2.24, 2.45) is 5.73 Å². The number of fused-ring (bicyclic) bond motifs is 1. The van der Waals surface area contributed by atoms with Gasteiger partial charge in [-0.05, 0) is 49.7 Å². The maximum atomic E-state index is 11.7. The second-order valence-corrected chi connectivity index (χ2v) is 9.80. The minimum absolute atomic E-state index is 0.172. The van der Waals surface area contributed by atoms with Gasteiger partial charge in [-0.1, -0.05) is 24.3 Å². The van der Waals surface area contributed by atoms with E-state index in [1.165, 1.54) is 11.8 Å². The highest BCUT2D eigenvalue weighted by atomic mass is 32.2. The number of thioether (sulfide) groups is 1. The van der Waals surface area contributed by atoms with Gasteiger partial charge in [-0.3, -0.25) is 15.1 Å². The number of piperidine rings is 1. The van der Waals surface area contributed by atoms with Gasteiger partial charge in [-0.15, -0.1) is 11.8 Å². The van der Waals surface area contributed by atoms with Crippen molar-refractivity contribution in [2.75, 3.05) is 32.4 Å². The maximum Gasteiger partial charge on any atom is 0.226 e. The molecule has 0 radical (unpaired) electrons. The molecule has 1 unspecified atom stereocenters. The number of imidazole rings is 1. The molecule has 3 aromatic rings. The summed E-state index contributed by atoms with van der Waals surface area (Å²) in [5.74, 6) is 0.992. The zero-order chi connectivity index (χ0) is 24.1. The third-order valence-corrected chi connectivity index (χ3v) is 7.04. The summed E-state index contributed by atoms with van der Waals surface area (Å²) in [4.78, 5) is 24.7. The van der Waals surface area contributed by atoms with E-state index < -0.39 is 0 Å². The summed E-state index contributed by atoms with van der Waals surface area (Å²) < 4.78 is 6.67. The third kappa shape index (κ3) is 5.97. The number of ether oxygens (including phenoxy) is 1. The van der Waals surface area contributed by atoms with Crippen molar-refractivity contribution in [1.82, 2.24) is 19.8 Å². The van der Waals surface area contributed by atoms with Crippen LogP contribution in [0.1, 0.15) is 37.3 Å². The molecule has 4 N–H and O–H groups in total. The number of likely N-dealkylation sites (tertiary alicyclic amines) is 1. The van der Waals surface area contributed by atoms with Crippen LogP contribution in [0, 0.1) is 5.41 Å². The van der Waals surface area contributed by atoms with E-state index in [4.69, 9.17) is 20.9 Å². The highest BCUT2D eigenvalue weighted by Crippen LogP contribution is 2.32. The molecule has 0 spiro atoms. The van der Waals surface area contributed by atoms with Crippen molar-refractivity contribution < 1.29 is 9.53 Å². The Kier molecular flexibility index (Phi) is 7.87. The van der Waals surface area contributed by atoms with Crippen LogP contribution in [0.3, 0.4) is 0 Å². The first-order valence-corrected chi connectivity index (χ1v) is 12.5. The van der Waals surface area contributed by atoms with Crippen LogP contribution in [0.2, 0.25) is 0 Å². The Bertz CT molecular complexity index is 1090. The highest BCUT2D eigenvalue weighted by molar-refractivity contribution is 7.99. The van der Waals surface area contributed by atoms with Crippen LogP contribution in [-0.2, 0) is 9.53 Å². The van der Waals surface area contributed by atoms with Crippen molar-refractivity contribution in [3.63, 3.8) is 0 Å². The molecule has 0 aliphatic carbocycles. The fourth-order valence-corrected chi connectivity index (χ4v) is 5.08. The van der Waals surface area contributed by atoms with Crippen molar-refractivity contribution in [1.29, 1.82) is 5.41 Å². The molecule has 1 aliphatic heterocycles. The van der Waals surface area contributed by atoms with Crippen LogP contribution in [0.5, 0.6) is 0 Å². The molecular weight excluding hydrogens is 448 g/mol. The molecule has 1 saturated heterocycles. The molecule has 0 bridgehead atoms. The number of nitrogens with two attached hydrogens (primary N) is 1. The molecule has 1 aromatic heterocycles. The lowest BCUT2D eigenvalue weighted by molar-refractivity contribution is -0.124. The minimum Gasteiger partial charge on any atom is -0.370 e. The first-order valence-electron chi connectivity index (χ1n) is 11.5. The van der Waals surface area contributed by atoms with Gasteiger partial charge in [0, 0.05) is 37.2 Å². The molecule has 1 amide bonds. The molecule has 180 valence electrons. The Balaban J connectivity index is 1.54. The number of nitrogens with zero attached hydrogens (tertiary/aromatic N) is 3. The van der Waals surface area contributed by atoms with Crippen LogP contribution in [0.4, 0.5) is 0 Å². The van der Waals surface area contributed by atoms with Crippen LogP contribution in [0.15, 0.2) is 53.4 Å². The van der Waals surface area contributed by atoms with E-state index in [9.17, 15) is 4.79 Å². The van der Waals surface area contributed by atoms with Crippen molar-refractivity contribution in [3.05, 3.63) is 59.9 Å². The normalized spacial score (nSPS) is 15.9. The summed E-state index contributed by atoms with van der Waals surface area (Å²) in [6.45, 7) is 3.86. The van der Waals surface area contributed by atoms with Gasteiger partial charge in [-0.25, -0.2) is 4.98 Å². The standard InChI is InChI=1S/C25H32N6O2S/c1-17(32)31(25(26)27)14-15-34-20-7-5-6-18(16-20)23(33-19-10-12-30(2)13-11-19)24-28-21-8-3-4-9-22(21)29-24/h3-9,16,19,23H,10-15H2,1-2H3,(H3,26,27)(H,28,29). The van der Waals surface area contributed by atoms with Gasteiger partial charge in [0.15, 0.2) is 5.96 Å². The smallest absolute Gasteiger partial charge is 0.226 e. The lowest BCUT2D eigenvalue weighted by atomic mass is 10.1. The first kappa shape index (κ1) is 24.3. The van der Waals surface area contributed by atoms with Crippen LogP contribution < -0.4 is 5.73 Å². The Morgan fingerprint density at radius 3 is 2.76 bits per heavy atom.